The molecular formula is C18H23N3O3S. The van der Waals surface area contributed by atoms with Crippen LogP contribution in [0.15, 0.2) is 29.6 Å². The Bertz CT molecular complexity index is 681. The second-order valence-corrected chi connectivity index (χ2v) is 7.05. The standard InChI is InChI=1S/C18H23N3O3S/c1-13-20-15(12-25-13)10-19-18(22)21-14-5-7-16(8-6-14)24-11-17-4-2-3-9-23-17/h5-8,12,17H,2-4,9-11H2,1H3,(H2,19,21,22)/t17-/m0/s1. The number of anilines is 1. The molecule has 1 aromatic heterocycles. The second kappa shape index (κ2) is 8.82. The molecule has 0 saturated carbocycles. The van der Waals surface area contributed by atoms with Gasteiger partial charge in [0.15, 0.2) is 0 Å². The van der Waals surface area contributed by atoms with Gasteiger partial charge in [0.25, 0.3) is 0 Å². The molecule has 0 radical (unpaired) electrons. The van der Waals surface area contributed by atoms with Crippen molar-refractivity contribution in [3.05, 3.63) is 40.3 Å². The summed E-state index contributed by atoms with van der Waals surface area (Å²) in [6, 6.07) is 7.09. The Labute approximate surface area is 151 Å². The molecule has 0 unspecified atom stereocenters. The summed E-state index contributed by atoms with van der Waals surface area (Å²) in [5.41, 5.74) is 1.58. The fraction of sp³-hybridized carbons (Fsp3) is 0.444. The second-order valence-electron chi connectivity index (χ2n) is 5.99. The molecule has 25 heavy (non-hydrogen) atoms. The van der Waals surface area contributed by atoms with E-state index in [1.54, 1.807) is 11.3 Å². The van der Waals surface area contributed by atoms with Crippen LogP contribution >= 0.6 is 11.3 Å². The van der Waals surface area contributed by atoms with Crippen LogP contribution in [-0.2, 0) is 11.3 Å². The van der Waals surface area contributed by atoms with Gasteiger partial charge in [0.1, 0.15) is 12.4 Å². The van der Waals surface area contributed by atoms with Gasteiger partial charge in [0.05, 0.1) is 23.4 Å². The van der Waals surface area contributed by atoms with Crippen molar-refractivity contribution in [2.24, 2.45) is 0 Å². The number of amides is 2. The average molecular weight is 361 g/mol. The molecule has 2 amide bonds. The Morgan fingerprint density at radius 2 is 2.20 bits per heavy atom. The number of thiazole rings is 1. The van der Waals surface area contributed by atoms with Crippen LogP contribution in [0.4, 0.5) is 10.5 Å². The van der Waals surface area contributed by atoms with Crippen molar-refractivity contribution in [3.63, 3.8) is 0 Å². The van der Waals surface area contributed by atoms with Gasteiger partial charge in [-0.25, -0.2) is 9.78 Å². The van der Waals surface area contributed by atoms with Gasteiger partial charge in [-0.2, -0.15) is 0 Å². The zero-order chi connectivity index (χ0) is 17.5. The molecule has 1 aromatic carbocycles. The highest BCUT2D eigenvalue weighted by molar-refractivity contribution is 7.09. The third-order valence-corrected chi connectivity index (χ3v) is 4.74. The lowest BCUT2D eigenvalue weighted by molar-refractivity contribution is -0.0110. The lowest BCUT2D eigenvalue weighted by atomic mass is 10.1. The summed E-state index contributed by atoms with van der Waals surface area (Å²) >= 11 is 1.57. The molecular weight excluding hydrogens is 338 g/mol. The third kappa shape index (κ3) is 5.72. The number of nitrogens with zero attached hydrogens (tertiary/aromatic N) is 1. The molecule has 1 fully saturated rings. The van der Waals surface area contributed by atoms with Crippen LogP contribution in [0.25, 0.3) is 0 Å². The number of aryl methyl sites for hydroxylation is 1. The van der Waals surface area contributed by atoms with Gasteiger partial charge in [-0.3, -0.25) is 0 Å². The van der Waals surface area contributed by atoms with Crippen molar-refractivity contribution in [2.75, 3.05) is 18.5 Å². The predicted octanol–water partition coefficient (Wildman–Crippen LogP) is 3.72. The highest BCUT2D eigenvalue weighted by Gasteiger charge is 2.14. The number of aromatic nitrogens is 1. The lowest BCUT2D eigenvalue weighted by Crippen LogP contribution is -2.28. The Hall–Kier alpha value is -2.12. The predicted molar refractivity (Wildman–Crippen MR) is 98.2 cm³/mol. The van der Waals surface area contributed by atoms with Gasteiger partial charge >= 0.3 is 6.03 Å². The summed E-state index contributed by atoms with van der Waals surface area (Å²) in [6.07, 6.45) is 3.58. The molecule has 1 aliphatic rings. The summed E-state index contributed by atoms with van der Waals surface area (Å²) in [4.78, 5) is 16.2. The number of carbonyl (C=O) groups excluding carboxylic acids is 1. The van der Waals surface area contributed by atoms with E-state index in [4.69, 9.17) is 9.47 Å². The molecule has 1 saturated heterocycles. The van der Waals surface area contributed by atoms with E-state index < -0.39 is 0 Å². The van der Waals surface area contributed by atoms with Gasteiger partial charge < -0.3 is 20.1 Å². The Morgan fingerprint density at radius 1 is 1.36 bits per heavy atom. The van der Waals surface area contributed by atoms with E-state index in [0.717, 1.165) is 35.9 Å². The van der Waals surface area contributed by atoms with Gasteiger partial charge in [0.2, 0.25) is 0 Å². The van der Waals surface area contributed by atoms with E-state index in [2.05, 4.69) is 15.6 Å². The highest BCUT2D eigenvalue weighted by atomic mass is 32.1. The first kappa shape index (κ1) is 17.7. The van der Waals surface area contributed by atoms with E-state index in [9.17, 15) is 4.79 Å². The molecule has 6 nitrogen and oxygen atoms in total. The lowest BCUT2D eigenvalue weighted by Gasteiger charge is -2.22. The maximum absolute atomic E-state index is 11.9. The van der Waals surface area contributed by atoms with Gasteiger partial charge in [-0.1, -0.05) is 0 Å². The molecule has 134 valence electrons. The first-order chi connectivity index (χ1) is 12.2. The number of urea groups is 1. The number of ether oxygens (including phenoxy) is 2. The van der Waals surface area contributed by atoms with Crippen LogP contribution in [-0.4, -0.2) is 30.3 Å². The molecule has 0 aliphatic carbocycles. The van der Waals surface area contributed by atoms with Crippen LogP contribution in [0.3, 0.4) is 0 Å². The van der Waals surface area contributed by atoms with E-state index in [1.165, 1.54) is 6.42 Å². The molecule has 1 atom stereocenters. The van der Waals surface area contributed by atoms with Gasteiger partial charge in [-0.15, -0.1) is 11.3 Å². The number of hydrogen-bond donors (Lipinski definition) is 2. The highest BCUT2D eigenvalue weighted by Crippen LogP contribution is 2.18. The largest absolute Gasteiger partial charge is 0.491 e. The van der Waals surface area contributed by atoms with Crippen LogP contribution in [0.5, 0.6) is 5.75 Å². The van der Waals surface area contributed by atoms with Crippen LogP contribution in [0.1, 0.15) is 30.0 Å². The minimum Gasteiger partial charge on any atom is -0.491 e. The fourth-order valence-electron chi connectivity index (χ4n) is 2.60. The number of carbonyl (C=O) groups is 1. The number of nitrogens with one attached hydrogen (secondary N) is 2. The Morgan fingerprint density at radius 3 is 2.88 bits per heavy atom. The maximum Gasteiger partial charge on any atom is 0.319 e. The SMILES string of the molecule is Cc1nc(CNC(=O)Nc2ccc(OC[C@@H]3CCCCO3)cc2)cs1. The van der Waals surface area contributed by atoms with Crippen molar-refractivity contribution in [1.82, 2.24) is 10.3 Å². The fourth-order valence-corrected chi connectivity index (χ4v) is 3.21. The Kier molecular flexibility index (Phi) is 6.25. The van der Waals surface area contributed by atoms with Crippen LogP contribution < -0.4 is 15.4 Å². The van der Waals surface area contributed by atoms with Crippen molar-refractivity contribution >= 4 is 23.1 Å². The molecule has 0 bridgehead atoms. The van der Waals surface area contributed by atoms with Crippen molar-refractivity contribution < 1.29 is 14.3 Å². The topological polar surface area (TPSA) is 72.5 Å². The number of hydrogen-bond acceptors (Lipinski definition) is 5. The van der Waals surface area contributed by atoms with Crippen molar-refractivity contribution in [1.29, 1.82) is 0 Å². The van der Waals surface area contributed by atoms with E-state index in [1.807, 2.05) is 36.6 Å². The quantitative estimate of drug-likeness (QED) is 0.822. The minimum absolute atomic E-state index is 0.187. The van der Waals surface area contributed by atoms with E-state index in [0.29, 0.717) is 18.8 Å². The van der Waals surface area contributed by atoms with Crippen LogP contribution in [0, 0.1) is 6.92 Å². The number of rotatable bonds is 6. The normalized spacial score (nSPS) is 17.1. The molecule has 0 spiro atoms. The van der Waals surface area contributed by atoms with E-state index in [-0.39, 0.29) is 12.1 Å². The summed E-state index contributed by atoms with van der Waals surface area (Å²) in [7, 11) is 0. The smallest absolute Gasteiger partial charge is 0.319 e. The molecule has 2 N–H and O–H groups in total. The number of benzene rings is 1. The molecule has 1 aliphatic heterocycles. The first-order valence-corrected chi connectivity index (χ1v) is 9.37. The summed E-state index contributed by atoms with van der Waals surface area (Å²) in [6.45, 7) is 3.75. The van der Waals surface area contributed by atoms with E-state index >= 15 is 0 Å². The molecule has 3 rings (SSSR count). The summed E-state index contributed by atoms with van der Waals surface area (Å²) in [5, 5.41) is 8.52. The minimum atomic E-state index is -0.255. The summed E-state index contributed by atoms with van der Waals surface area (Å²) < 4.78 is 11.4. The molecule has 2 heterocycles. The van der Waals surface area contributed by atoms with Gasteiger partial charge in [-0.05, 0) is 50.5 Å². The molecule has 2 aromatic rings. The first-order valence-electron chi connectivity index (χ1n) is 8.49. The zero-order valence-electron chi connectivity index (χ0n) is 14.3. The maximum atomic E-state index is 11.9. The van der Waals surface area contributed by atoms with Crippen LogP contribution in [0.2, 0.25) is 0 Å². The third-order valence-electron chi connectivity index (χ3n) is 3.92. The zero-order valence-corrected chi connectivity index (χ0v) is 15.1. The van der Waals surface area contributed by atoms with Crippen molar-refractivity contribution in [3.8, 4) is 5.75 Å². The Balaban J connectivity index is 1.41. The monoisotopic (exact) mass is 361 g/mol. The van der Waals surface area contributed by atoms with Gasteiger partial charge in [0, 0.05) is 17.7 Å². The molecule has 7 heteroatoms. The summed E-state index contributed by atoms with van der Waals surface area (Å²) in [5.74, 6) is 0.776. The van der Waals surface area contributed by atoms with Crippen molar-refractivity contribution in [2.45, 2.75) is 38.8 Å². The average Bonchev–Trinajstić information content (AvgIpc) is 3.06.